The van der Waals surface area contributed by atoms with Crippen LogP contribution >= 0.6 is 0 Å². The minimum absolute atomic E-state index is 0.882. The third-order valence-electron chi connectivity index (χ3n) is 11.0. The molecule has 0 saturated carbocycles. The smallest absolute Gasteiger partial charge is 0.143 e. The minimum Gasteiger partial charge on any atom is -0.455 e. The van der Waals surface area contributed by atoms with Crippen molar-refractivity contribution in [3.63, 3.8) is 0 Å². The van der Waals surface area contributed by atoms with E-state index in [9.17, 15) is 0 Å². The highest BCUT2D eigenvalue weighted by atomic mass is 16.3. The molecule has 0 aliphatic carbocycles. The van der Waals surface area contributed by atoms with E-state index < -0.39 is 0 Å². The Bertz CT molecular complexity index is 3170. The fraction of sp³-hybridized carbons (Fsp3) is 0. The van der Waals surface area contributed by atoms with Gasteiger partial charge in [-0.05, 0) is 64.9 Å². The van der Waals surface area contributed by atoms with E-state index >= 15 is 0 Å². The maximum Gasteiger partial charge on any atom is 0.143 e. The Balaban J connectivity index is 1.22. The van der Waals surface area contributed by atoms with Crippen LogP contribution in [0.3, 0.4) is 0 Å². The molecule has 0 amide bonds. The molecule has 0 unspecified atom stereocenters. The number of rotatable bonds is 6. The number of anilines is 3. The zero-order chi connectivity index (χ0) is 36.3. The highest BCUT2D eigenvalue weighted by Gasteiger charge is 2.25. The molecule has 9 aromatic carbocycles. The zero-order valence-corrected chi connectivity index (χ0v) is 29.9. The molecule has 3 nitrogen and oxygen atoms in total. The van der Waals surface area contributed by atoms with Gasteiger partial charge < -0.3 is 13.9 Å². The average Bonchev–Trinajstić information content (AvgIpc) is 3.79. The summed E-state index contributed by atoms with van der Waals surface area (Å²) in [5.74, 6) is 0. The molecule has 0 aliphatic heterocycles. The summed E-state index contributed by atoms with van der Waals surface area (Å²) >= 11 is 0. The molecule has 2 aromatic heterocycles. The first kappa shape index (κ1) is 31.2. The van der Waals surface area contributed by atoms with Gasteiger partial charge in [-0.25, -0.2) is 0 Å². The normalized spacial score (nSPS) is 11.6. The zero-order valence-electron chi connectivity index (χ0n) is 29.9. The summed E-state index contributed by atoms with van der Waals surface area (Å²) in [6, 6.07) is 73.9. The maximum atomic E-state index is 6.84. The first-order valence-electron chi connectivity index (χ1n) is 18.8. The molecule has 0 fully saturated rings. The van der Waals surface area contributed by atoms with Crippen LogP contribution in [0, 0.1) is 0 Å². The third-order valence-corrected chi connectivity index (χ3v) is 11.0. The molecule has 55 heavy (non-hydrogen) atoms. The monoisotopic (exact) mass is 702 g/mol. The Labute approximate surface area is 318 Å². The van der Waals surface area contributed by atoms with Gasteiger partial charge in [0.1, 0.15) is 11.2 Å². The van der Waals surface area contributed by atoms with Gasteiger partial charge in [0, 0.05) is 38.2 Å². The Morgan fingerprint density at radius 3 is 1.64 bits per heavy atom. The molecule has 0 radical (unpaired) electrons. The predicted octanol–water partition coefficient (Wildman–Crippen LogP) is 14.6. The van der Waals surface area contributed by atoms with Crippen LogP contribution in [0.15, 0.2) is 211 Å². The highest BCUT2D eigenvalue weighted by Crippen LogP contribution is 2.49. The van der Waals surface area contributed by atoms with Crippen molar-refractivity contribution in [1.82, 2.24) is 4.57 Å². The van der Waals surface area contributed by atoms with Crippen LogP contribution in [-0.2, 0) is 0 Å². The van der Waals surface area contributed by atoms with Crippen LogP contribution in [0.4, 0.5) is 17.1 Å². The van der Waals surface area contributed by atoms with E-state index in [1.165, 1.54) is 32.6 Å². The summed E-state index contributed by atoms with van der Waals surface area (Å²) in [4.78, 5) is 2.45. The number of hydrogen-bond acceptors (Lipinski definition) is 2. The van der Waals surface area contributed by atoms with Crippen LogP contribution in [-0.4, -0.2) is 4.57 Å². The Morgan fingerprint density at radius 1 is 0.364 bits per heavy atom. The largest absolute Gasteiger partial charge is 0.455 e. The van der Waals surface area contributed by atoms with Gasteiger partial charge in [-0.2, -0.15) is 0 Å². The molecule has 0 spiro atoms. The second kappa shape index (κ2) is 12.6. The van der Waals surface area contributed by atoms with Crippen LogP contribution in [0.1, 0.15) is 0 Å². The van der Waals surface area contributed by atoms with E-state index in [4.69, 9.17) is 4.42 Å². The lowest BCUT2D eigenvalue weighted by Crippen LogP contribution is -2.15. The van der Waals surface area contributed by atoms with Crippen molar-refractivity contribution >= 4 is 71.6 Å². The molecule has 3 heteroatoms. The number of aromatic nitrogens is 1. The molecule has 2 heterocycles. The molecule has 0 saturated heterocycles. The van der Waals surface area contributed by atoms with Crippen molar-refractivity contribution in [2.45, 2.75) is 0 Å². The fourth-order valence-electron chi connectivity index (χ4n) is 8.54. The summed E-state index contributed by atoms with van der Waals surface area (Å²) < 4.78 is 9.26. The van der Waals surface area contributed by atoms with Gasteiger partial charge in [0.2, 0.25) is 0 Å². The first-order valence-corrected chi connectivity index (χ1v) is 18.8. The lowest BCUT2D eigenvalue weighted by molar-refractivity contribution is 0.670. The highest BCUT2D eigenvalue weighted by molar-refractivity contribution is 6.14. The number of benzene rings is 9. The van der Waals surface area contributed by atoms with E-state index in [0.717, 1.165) is 66.9 Å². The van der Waals surface area contributed by atoms with E-state index in [0.29, 0.717) is 0 Å². The van der Waals surface area contributed by atoms with Crippen LogP contribution in [0.25, 0.3) is 82.5 Å². The number of furan rings is 1. The molecule has 0 aliphatic rings. The second-order valence-corrected chi connectivity index (χ2v) is 14.1. The summed E-state index contributed by atoms with van der Waals surface area (Å²) in [5.41, 5.74) is 12.8. The predicted molar refractivity (Wildman–Crippen MR) is 231 cm³/mol. The van der Waals surface area contributed by atoms with Gasteiger partial charge in [0.25, 0.3) is 0 Å². The van der Waals surface area contributed by atoms with Gasteiger partial charge in [0.05, 0.1) is 33.8 Å². The number of hydrogen-bond donors (Lipinski definition) is 0. The van der Waals surface area contributed by atoms with Crippen molar-refractivity contribution in [1.29, 1.82) is 0 Å². The third kappa shape index (κ3) is 4.98. The van der Waals surface area contributed by atoms with Crippen molar-refractivity contribution in [3.05, 3.63) is 206 Å². The summed E-state index contributed by atoms with van der Waals surface area (Å²) in [5, 5.41) is 7.06. The minimum atomic E-state index is 0.882. The van der Waals surface area contributed by atoms with Gasteiger partial charge in [-0.1, -0.05) is 158 Å². The topological polar surface area (TPSA) is 21.3 Å². The van der Waals surface area contributed by atoms with Gasteiger partial charge in [-0.15, -0.1) is 0 Å². The molecule has 11 rings (SSSR count). The summed E-state index contributed by atoms with van der Waals surface area (Å²) in [7, 11) is 0. The maximum absolute atomic E-state index is 6.84. The molecule has 0 bridgehead atoms. The fourth-order valence-corrected chi connectivity index (χ4v) is 8.54. The van der Waals surface area contributed by atoms with Crippen molar-refractivity contribution in [3.8, 4) is 27.9 Å². The van der Waals surface area contributed by atoms with Crippen molar-refractivity contribution < 1.29 is 4.42 Å². The van der Waals surface area contributed by atoms with E-state index in [1.807, 2.05) is 0 Å². The van der Waals surface area contributed by atoms with Crippen LogP contribution in [0.2, 0.25) is 0 Å². The van der Waals surface area contributed by atoms with Gasteiger partial charge in [0.15, 0.2) is 0 Å². The number of para-hydroxylation sites is 7. The lowest BCUT2D eigenvalue weighted by Gasteiger charge is -2.31. The van der Waals surface area contributed by atoms with E-state index in [1.54, 1.807) is 0 Å². The molecule has 258 valence electrons. The van der Waals surface area contributed by atoms with Crippen molar-refractivity contribution in [2.75, 3.05) is 4.90 Å². The van der Waals surface area contributed by atoms with Gasteiger partial charge in [-0.3, -0.25) is 0 Å². The lowest BCUT2D eigenvalue weighted by atomic mass is 9.97. The number of nitrogens with zero attached hydrogens (tertiary/aromatic N) is 2. The second-order valence-electron chi connectivity index (χ2n) is 14.1. The van der Waals surface area contributed by atoms with Crippen LogP contribution in [0.5, 0.6) is 0 Å². The van der Waals surface area contributed by atoms with E-state index in [2.05, 4.69) is 216 Å². The Hall–Kier alpha value is -7.36. The van der Waals surface area contributed by atoms with Crippen LogP contribution < -0.4 is 4.90 Å². The summed E-state index contributed by atoms with van der Waals surface area (Å²) in [6.45, 7) is 0. The molecule has 0 N–H and O–H groups in total. The molecular formula is C52H34N2O. The van der Waals surface area contributed by atoms with Crippen molar-refractivity contribution in [2.24, 2.45) is 0 Å². The Kier molecular flexibility index (Phi) is 7.17. The number of fused-ring (bicyclic) bond motifs is 7. The summed E-state index contributed by atoms with van der Waals surface area (Å²) in [6.07, 6.45) is 0. The first-order chi connectivity index (χ1) is 27.3. The standard InChI is InChI=1S/C52H34N2O/c1-2-17-35(18-3-1)38-21-6-10-27-45(38)53(49-31-14-15-32-50(49)54-46-28-11-7-22-39(46)40-23-8-12-29-47(40)54)48-30-13-9-24-41(48)42-25-16-26-43-44-33-36-19-4-5-20-37(36)34-51(44)55-52(42)43/h1-34H. The quantitative estimate of drug-likeness (QED) is 0.172. The average molecular weight is 703 g/mol. The SMILES string of the molecule is c1ccc(-c2ccccc2N(c2ccccc2-c2cccc3c2oc2cc4ccccc4cc23)c2ccccc2-n2c3ccccc3c3ccccc32)cc1. The molecular weight excluding hydrogens is 669 g/mol. The Morgan fingerprint density at radius 2 is 0.891 bits per heavy atom. The molecule has 0 atom stereocenters. The van der Waals surface area contributed by atoms with Gasteiger partial charge >= 0.3 is 0 Å². The molecule has 11 aromatic rings. The van der Waals surface area contributed by atoms with E-state index in [-0.39, 0.29) is 0 Å².